The number of sulfone groups is 1. The number of nitrogens with one attached hydrogen (secondary N) is 1. The van der Waals surface area contributed by atoms with Crippen molar-refractivity contribution in [3.8, 4) is 28.7 Å². The van der Waals surface area contributed by atoms with E-state index in [1.165, 1.54) is 33.5 Å². The van der Waals surface area contributed by atoms with Crippen molar-refractivity contribution in [1.29, 1.82) is 0 Å². The van der Waals surface area contributed by atoms with Gasteiger partial charge >= 0.3 is 6.01 Å². The van der Waals surface area contributed by atoms with Crippen LogP contribution in [0.2, 0.25) is 0 Å². The molecule has 0 spiro atoms. The molecule has 0 aliphatic heterocycles. The van der Waals surface area contributed by atoms with Gasteiger partial charge in [0.05, 0.1) is 32.0 Å². The van der Waals surface area contributed by atoms with Gasteiger partial charge in [0.1, 0.15) is 5.75 Å². The lowest BCUT2D eigenvalue weighted by Gasteiger charge is -2.07. The lowest BCUT2D eigenvalue weighted by atomic mass is 10.2. The first-order valence-corrected chi connectivity index (χ1v) is 10.7. The second kappa shape index (κ2) is 9.47. The number of rotatable bonds is 9. The Labute approximate surface area is 179 Å². The highest BCUT2D eigenvalue weighted by Gasteiger charge is 2.18. The Bertz CT molecular complexity index is 1160. The molecule has 0 unspecified atom stereocenters. The van der Waals surface area contributed by atoms with E-state index in [0.717, 1.165) is 0 Å². The molecule has 0 atom stereocenters. The molecule has 11 heteroatoms. The zero-order valence-corrected chi connectivity index (χ0v) is 17.9. The summed E-state index contributed by atoms with van der Waals surface area (Å²) in [6.07, 6.45) is -0.275. The summed E-state index contributed by atoms with van der Waals surface area (Å²) in [5, 5.41) is 10.1. The molecule has 0 saturated heterocycles. The van der Waals surface area contributed by atoms with E-state index in [2.05, 4.69) is 15.5 Å². The molecule has 0 aliphatic rings. The molecular formula is C20H21N3O7S. The van der Waals surface area contributed by atoms with Crippen molar-refractivity contribution < 1.29 is 31.8 Å². The Kier molecular flexibility index (Phi) is 6.75. The molecule has 0 bridgehead atoms. The van der Waals surface area contributed by atoms with Gasteiger partial charge in [0.25, 0.3) is 0 Å². The Morgan fingerprint density at radius 3 is 2.32 bits per heavy atom. The maximum atomic E-state index is 12.4. The molecule has 0 fully saturated rings. The molecule has 1 heterocycles. The Morgan fingerprint density at radius 1 is 0.968 bits per heavy atom. The number of nitrogens with zero attached hydrogens (tertiary/aromatic N) is 2. The van der Waals surface area contributed by atoms with Gasteiger partial charge in [-0.15, -0.1) is 5.10 Å². The van der Waals surface area contributed by atoms with Crippen LogP contribution in [0.5, 0.6) is 17.2 Å². The predicted octanol–water partition coefficient (Wildman–Crippen LogP) is 2.56. The second-order valence-electron chi connectivity index (χ2n) is 6.27. The summed E-state index contributed by atoms with van der Waals surface area (Å²) < 4.78 is 45.7. The highest BCUT2D eigenvalue weighted by atomic mass is 32.2. The predicted molar refractivity (Wildman–Crippen MR) is 111 cm³/mol. The van der Waals surface area contributed by atoms with Gasteiger partial charge in [-0.2, -0.15) is 0 Å². The van der Waals surface area contributed by atoms with Crippen molar-refractivity contribution in [1.82, 2.24) is 10.2 Å². The topological polar surface area (TPSA) is 130 Å². The largest absolute Gasteiger partial charge is 0.497 e. The fourth-order valence-corrected chi connectivity index (χ4v) is 3.91. The Morgan fingerprint density at radius 2 is 1.68 bits per heavy atom. The number of benzene rings is 2. The van der Waals surface area contributed by atoms with Gasteiger partial charge in [-0.05, 0) is 42.5 Å². The first-order valence-electron chi connectivity index (χ1n) is 9.09. The third-order valence-electron chi connectivity index (χ3n) is 4.32. The fraction of sp³-hybridized carbons (Fsp3) is 0.250. The molecule has 1 N–H and O–H groups in total. The zero-order valence-electron chi connectivity index (χ0n) is 17.1. The average molecular weight is 447 g/mol. The van der Waals surface area contributed by atoms with Crippen molar-refractivity contribution in [2.75, 3.05) is 32.4 Å². The van der Waals surface area contributed by atoms with Crippen molar-refractivity contribution >= 4 is 21.8 Å². The molecule has 0 saturated carbocycles. The summed E-state index contributed by atoms with van der Waals surface area (Å²) >= 11 is 0. The van der Waals surface area contributed by atoms with E-state index in [-0.39, 0.29) is 29.0 Å². The van der Waals surface area contributed by atoms with Crippen LogP contribution >= 0.6 is 0 Å². The van der Waals surface area contributed by atoms with E-state index in [9.17, 15) is 13.2 Å². The highest BCUT2D eigenvalue weighted by molar-refractivity contribution is 7.91. The number of hydrogen-bond acceptors (Lipinski definition) is 9. The number of carbonyl (C=O) groups is 1. The van der Waals surface area contributed by atoms with Gasteiger partial charge < -0.3 is 18.6 Å². The molecule has 1 aromatic heterocycles. The van der Waals surface area contributed by atoms with Crippen LogP contribution in [0, 0.1) is 0 Å². The summed E-state index contributed by atoms with van der Waals surface area (Å²) in [6, 6.07) is 10.8. The summed E-state index contributed by atoms with van der Waals surface area (Å²) in [5.41, 5.74) is 0.563. The van der Waals surface area contributed by atoms with E-state index in [1.807, 2.05) is 0 Å². The van der Waals surface area contributed by atoms with Crippen LogP contribution in [0.25, 0.3) is 11.5 Å². The van der Waals surface area contributed by atoms with Gasteiger partial charge in [-0.25, -0.2) is 8.42 Å². The number of amides is 1. The lowest BCUT2D eigenvalue weighted by Crippen LogP contribution is -2.17. The molecule has 31 heavy (non-hydrogen) atoms. The van der Waals surface area contributed by atoms with Crippen molar-refractivity contribution in [3.63, 3.8) is 0 Å². The minimum Gasteiger partial charge on any atom is -0.497 e. The normalized spacial score (nSPS) is 11.1. The molecule has 10 nitrogen and oxygen atoms in total. The third kappa shape index (κ3) is 5.31. The number of hydrogen-bond donors (Lipinski definition) is 1. The van der Waals surface area contributed by atoms with Gasteiger partial charge in [0.15, 0.2) is 21.3 Å². The monoisotopic (exact) mass is 447 g/mol. The molecule has 3 aromatic rings. The van der Waals surface area contributed by atoms with E-state index in [4.69, 9.17) is 18.6 Å². The molecule has 164 valence electrons. The molecule has 0 radical (unpaired) electrons. The van der Waals surface area contributed by atoms with Crippen LogP contribution in [0.4, 0.5) is 6.01 Å². The van der Waals surface area contributed by atoms with Crippen LogP contribution in [-0.2, 0) is 14.6 Å². The smallest absolute Gasteiger partial charge is 0.322 e. The van der Waals surface area contributed by atoms with Crippen LogP contribution in [-0.4, -0.2) is 51.6 Å². The van der Waals surface area contributed by atoms with Crippen molar-refractivity contribution in [3.05, 3.63) is 42.5 Å². The van der Waals surface area contributed by atoms with Crippen LogP contribution in [0.15, 0.2) is 51.8 Å². The Hall–Kier alpha value is -3.60. The number of anilines is 1. The summed E-state index contributed by atoms with van der Waals surface area (Å²) in [7, 11) is 0.876. The average Bonchev–Trinajstić information content (AvgIpc) is 3.25. The van der Waals surface area contributed by atoms with E-state index < -0.39 is 15.7 Å². The van der Waals surface area contributed by atoms with Gasteiger partial charge in [0, 0.05) is 12.0 Å². The SMILES string of the molecule is COc1ccc(S(=O)(=O)CCC(=O)Nc2nnc(-c3ccc(OC)c(OC)c3)o2)cc1. The minimum atomic E-state index is -3.63. The minimum absolute atomic E-state index is 0.106. The maximum Gasteiger partial charge on any atom is 0.322 e. The van der Waals surface area contributed by atoms with Gasteiger partial charge in [-0.1, -0.05) is 5.10 Å². The van der Waals surface area contributed by atoms with Crippen LogP contribution in [0.3, 0.4) is 0 Å². The lowest BCUT2D eigenvalue weighted by molar-refractivity contribution is -0.115. The van der Waals surface area contributed by atoms with E-state index in [1.54, 1.807) is 30.3 Å². The standard InChI is InChI=1S/C20H21N3O7S/c1-27-14-5-7-15(8-6-14)31(25,26)11-10-18(24)21-20-23-22-19(30-20)13-4-9-16(28-2)17(12-13)29-3/h4-9,12H,10-11H2,1-3H3,(H,21,23,24). The summed E-state index contributed by atoms with van der Waals surface area (Å²) in [6.45, 7) is 0. The molecule has 0 aliphatic carbocycles. The molecule has 3 rings (SSSR count). The maximum absolute atomic E-state index is 12.4. The first kappa shape index (κ1) is 22.1. The zero-order chi connectivity index (χ0) is 22.4. The summed E-state index contributed by atoms with van der Waals surface area (Å²) in [4.78, 5) is 12.3. The number of carbonyl (C=O) groups excluding carboxylic acids is 1. The van der Waals surface area contributed by atoms with E-state index in [0.29, 0.717) is 22.8 Å². The number of ether oxygens (including phenoxy) is 3. The number of aromatic nitrogens is 2. The quantitative estimate of drug-likeness (QED) is 0.526. The molecule has 2 aromatic carbocycles. The summed E-state index contributed by atoms with van der Waals surface area (Å²) in [5.74, 6) is 0.770. The second-order valence-corrected chi connectivity index (χ2v) is 8.38. The first-order chi connectivity index (χ1) is 14.9. The molecule has 1 amide bonds. The van der Waals surface area contributed by atoms with Gasteiger partial charge in [-0.3, -0.25) is 10.1 Å². The van der Waals surface area contributed by atoms with E-state index >= 15 is 0 Å². The van der Waals surface area contributed by atoms with Gasteiger partial charge in [0.2, 0.25) is 11.8 Å². The molecular weight excluding hydrogens is 426 g/mol. The van der Waals surface area contributed by atoms with Crippen LogP contribution in [0.1, 0.15) is 6.42 Å². The van der Waals surface area contributed by atoms with Crippen molar-refractivity contribution in [2.24, 2.45) is 0 Å². The Balaban J connectivity index is 1.62. The van der Waals surface area contributed by atoms with Crippen molar-refractivity contribution in [2.45, 2.75) is 11.3 Å². The fourth-order valence-electron chi connectivity index (χ4n) is 2.67. The van der Waals surface area contributed by atoms with Crippen LogP contribution < -0.4 is 19.5 Å². The third-order valence-corrected chi connectivity index (χ3v) is 6.05. The number of methoxy groups -OCH3 is 3. The highest BCUT2D eigenvalue weighted by Crippen LogP contribution is 2.32.